The lowest BCUT2D eigenvalue weighted by Gasteiger charge is -2.11. The number of nitrogens with one attached hydrogen (secondary N) is 1. The van der Waals surface area contributed by atoms with E-state index in [1.165, 1.54) is 5.56 Å². The number of aromatic nitrogens is 2. The molecule has 0 saturated heterocycles. The van der Waals surface area contributed by atoms with Crippen LogP contribution >= 0.6 is 0 Å². The molecule has 6 nitrogen and oxygen atoms in total. The molecule has 1 aromatic rings. The first kappa shape index (κ1) is 23.4. The monoisotopic (exact) mass is 409 g/mol. The fourth-order valence-corrected chi connectivity index (χ4v) is 3.00. The van der Waals surface area contributed by atoms with Gasteiger partial charge in [-0.25, -0.2) is 9.67 Å². The summed E-state index contributed by atoms with van der Waals surface area (Å²) in [5, 5.41) is 9.09. The molecule has 0 unspecified atom stereocenters. The van der Waals surface area contributed by atoms with Crippen LogP contribution in [0.2, 0.25) is 0 Å². The van der Waals surface area contributed by atoms with E-state index < -0.39 is 0 Å². The van der Waals surface area contributed by atoms with E-state index in [9.17, 15) is 0 Å². The molecule has 6 heteroatoms. The van der Waals surface area contributed by atoms with E-state index in [1.807, 2.05) is 81.2 Å². The highest BCUT2D eigenvalue weighted by Crippen LogP contribution is 2.13. The van der Waals surface area contributed by atoms with Gasteiger partial charge in [-0.1, -0.05) is 32.1 Å². The summed E-state index contributed by atoms with van der Waals surface area (Å²) in [5.74, 6) is 2.18. The highest BCUT2D eigenvalue weighted by molar-refractivity contribution is 6.05. The Hall–Kier alpha value is -2.89. The van der Waals surface area contributed by atoms with Crippen molar-refractivity contribution in [1.82, 2.24) is 15.2 Å². The van der Waals surface area contributed by atoms with Crippen molar-refractivity contribution in [3.63, 3.8) is 0 Å². The van der Waals surface area contributed by atoms with Gasteiger partial charge in [0.05, 0.1) is 30.3 Å². The number of allylic oxidation sites excluding steroid dienone is 6. The molecule has 1 aliphatic heterocycles. The van der Waals surface area contributed by atoms with Crippen molar-refractivity contribution in [2.75, 3.05) is 6.54 Å². The largest absolute Gasteiger partial charge is 0.491 e. The Morgan fingerprint density at radius 3 is 2.77 bits per heavy atom. The molecule has 2 heterocycles. The Kier molecular flexibility index (Phi) is 9.32. The van der Waals surface area contributed by atoms with Crippen molar-refractivity contribution >= 4 is 11.5 Å². The van der Waals surface area contributed by atoms with Crippen LogP contribution in [-0.2, 0) is 11.2 Å². The minimum absolute atomic E-state index is 0.121. The van der Waals surface area contributed by atoms with Crippen LogP contribution in [0.4, 0.5) is 0 Å². The van der Waals surface area contributed by atoms with Gasteiger partial charge in [-0.05, 0) is 63.8 Å². The summed E-state index contributed by atoms with van der Waals surface area (Å²) < 4.78 is 7.71. The molecule has 0 amide bonds. The van der Waals surface area contributed by atoms with Crippen LogP contribution in [0.5, 0.6) is 0 Å². The number of hydrazone groups is 1. The van der Waals surface area contributed by atoms with Gasteiger partial charge < -0.3 is 10.2 Å². The number of hydrogen-bond acceptors (Lipinski definition) is 5. The average molecular weight is 410 g/mol. The van der Waals surface area contributed by atoms with E-state index in [0.29, 0.717) is 18.9 Å². The van der Waals surface area contributed by atoms with E-state index in [4.69, 9.17) is 9.73 Å². The minimum atomic E-state index is 0.121. The average Bonchev–Trinajstić information content (AvgIpc) is 3.17. The molecule has 0 saturated carbocycles. The molecule has 0 radical (unpaired) electrons. The zero-order valence-electron chi connectivity index (χ0n) is 19.1. The quantitative estimate of drug-likeness (QED) is 0.508. The van der Waals surface area contributed by atoms with Crippen molar-refractivity contribution < 1.29 is 4.74 Å². The summed E-state index contributed by atoms with van der Waals surface area (Å²) in [7, 11) is 0. The molecule has 1 aliphatic rings. The summed E-state index contributed by atoms with van der Waals surface area (Å²) in [5.41, 5.74) is 5.96. The molecule has 0 fully saturated rings. The van der Waals surface area contributed by atoms with Crippen molar-refractivity contribution in [3.8, 4) is 0 Å². The third-order valence-corrected chi connectivity index (χ3v) is 4.21. The third kappa shape index (κ3) is 7.50. The van der Waals surface area contributed by atoms with Crippen LogP contribution in [0.1, 0.15) is 53.5 Å². The number of hydrogen-bond donors (Lipinski definition) is 1. The minimum Gasteiger partial charge on any atom is -0.491 e. The van der Waals surface area contributed by atoms with E-state index in [1.54, 1.807) is 0 Å². The second-order valence-corrected chi connectivity index (χ2v) is 7.84. The summed E-state index contributed by atoms with van der Waals surface area (Å²) in [6.45, 7) is 13.0. The molecule has 0 aliphatic carbocycles. The fourth-order valence-electron chi connectivity index (χ4n) is 3.00. The molecular weight excluding hydrogens is 374 g/mol. The topological polar surface area (TPSA) is 63.8 Å². The van der Waals surface area contributed by atoms with Gasteiger partial charge >= 0.3 is 0 Å². The molecular formula is C24H35N5O. The Bertz CT molecular complexity index is 866. The normalized spacial score (nSPS) is 20.8. The van der Waals surface area contributed by atoms with Crippen LogP contribution in [0.15, 0.2) is 70.4 Å². The Morgan fingerprint density at radius 2 is 2.10 bits per heavy atom. The maximum Gasteiger partial charge on any atom is 0.153 e. The van der Waals surface area contributed by atoms with E-state index in [0.717, 1.165) is 29.4 Å². The maximum absolute atomic E-state index is 5.88. The Balaban J connectivity index is 2.32. The summed E-state index contributed by atoms with van der Waals surface area (Å²) in [6, 6.07) is 0. The van der Waals surface area contributed by atoms with Gasteiger partial charge in [0.2, 0.25) is 0 Å². The van der Waals surface area contributed by atoms with Gasteiger partial charge in [-0.3, -0.25) is 0 Å². The van der Waals surface area contributed by atoms with Crippen molar-refractivity contribution in [2.45, 2.75) is 60.5 Å². The highest BCUT2D eigenvalue weighted by Gasteiger charge is 2.11. The zero-order valence-corrected chi connectivity index (χ0v) is 19.1. The van der Waals surface area contributed by atoms with Crippen molar-refractivity contribution in [3.05, 3.63) is 65.9 Å². The first-order chi connectivity index (χ1) is 14.4. The molecule has 162 valence electrons. The highest BCUT2D eigenvalue weighted by atomic mass is 16.5. The number of aliphatic imine (C=N–C) groups is 1. The van der Waals surface area contributed by atoms with Crippen LogP contribution in [0.25, 0.3) is 0 Å². The van der Waals surface area contributed by atoms with E-state index >= 15 is 0 Å². The Labute approximate surface area is 180 Å². The smallest absolute Gasteiger partial charge is 0.153 e. The van der Waals surface area contributed by atoms with Crippen molar-refractivity contribution in [1.29, 1.82) is 0 Å². The van der Waals surface area contributed by atoms with Gasteiger partial charge in [0, 0.05) is 12.6 Å². The van der Waals surface area contributed by atoms with Crippen LogP contribution in [-0.4, -0.2) is 34.0 Å². The molecule has 1 N–H and O–H groups in total. The molecule has 0 aromatic carbocycles. The first-order valence-corrected chi connectivity index (χ1v) is 10.7. The lowest BCUT2D eigenvalue weighted by Crippen LogP contribution is -2.15. The first-order valence-electron chi connectivity index (χ1n) is 10.7. The van der Waals surface area contributed by atoms with Crippen LogP contribution in [0, 0.1) is 5.92 Å². The molecule has 30 heavy (non-hydrogen) atoms. The van der Waals surface area contributed by atoms with Gasteiger partial charge in [0.15, 0.2) is 5.84 Å². The number of rotatable bonds is 7. The summed E-state index contributed by atoms with van der Waals surface area (Å²) in [4.78, 5) is 4.89. The fraction of sp³-hybridized carbons (Fsp3) is 0.458. The van der Waals surface area contributed by atoms with E-state index in [2.05, 4.69) is 29.5 Å². The lowest BCUT2D eigenvalue weighted by molar-refractivity contribution is 0.157. The van der Waals surface area contributed by atoms with Gasteiger partial charge in [0.25, 0.3) is 0 Å². The maximum atomic E-state index is 5.88. The lowest BCUT2D eigenvalue weighted by atomic mass is 10.1. The number of nitrogens with zero attached hydrogens (tertiary/aromatic N) is 4. The standard InChI is InChI=1S/C24H35N5O/c1-7-10-24(29-17-20(16-26-29)15-18(3)4)27-22(8-2)23-13-12-21(30-19(5)6)11-9-14-25-28-23/h7-12,16-19,25H,13-15H2,1-6H3/b10-7-,11-9-,21-12+,22-8-,27-24+,28-23+. The van der Waals surface area contributed by atoms with Gasteiger partial charge in [-0.15, -0.1) is 0 Å². The summed E-state index contributed by atoms with van der Waals surface area (Å²) >= 11 is 0. The molecule has 0 atom stereocenters. The summed E-state index contributed by atoms with van der Waals surface area (Å²) in [6.07, 6.45) is 17.6. The zero-order chi connectivity index (χ0) is 21.9. The predicted octanol–water partition coefficient (Wildman–Crippen LogP) is 5.02. The van der Waals surface area contributed by atoms with Crippen LogP contribution < -0.4 is 5.43 Å². The van der Waals surface area contributed by atoms with Crippen molar-refractivity contribution in [2.24, 2.45) is 16.0 Å². The SMILES string of the molecule is C\C=C/C(=N\C(=C/C)C1=N\NC/C=C\C(OC(C)C)=C/C/1)n1cc(CC(C)C)cn1. The molecule has 2 rings (SSSR count). The van der Waals surface area contributed by atoms with Gasteiger partial charge in [0.1, 0.15) is 5.76 Å². The second kappa shape index (κ2) is 12.0. The number of ether oxygens (including phenoxy) is 1. The molecule has 0 spiro atoms. The van der Waals surface area contributed by atoms with Gasteiger partial charge in [-0.2, -0.15) is 10.2 Å². The predicted molar refractivity (Wildman–Crippen MR) is 126 cm³/mol. The molecule has 0 bridgehead atoms. The van der Waals surface area contributed by atoms with E-state index in [-0.39, 0.29) is 6.10 Å². The second-order valence-electron chi connectivity index (χ2n) is 7.84. The Morgan fingerprint density at radius 1 is 1.30 bits per heavy atom. The third-order valence-electron chi connectivity index (χ3n) is 4.21. The molecule has 1 aromatic heterocycles. The van der Waals surface area contributed by atoms with Crippen LogP contribution in [0.3, 0.4) is 0 Å².